The van der Waals surface area contributed by atoms with Gasteiger partial charge in [0.2, 0.25) is 0 Å². The average Bonchev–Trinajstić information content (AvgIpc) is 3.09. The lowest BCUT2D eigenvalue weighted by molar-refractivity contribution is -0.123. The number of fused-ring (bicyclic) bond motifs is 1. The fourth-order valence-corrected chi connectivity index (χ4v) is 5.16. The van der Waals surface area contributed by atoms with E-state index in [9.17, 15) is 18.3 Å². The summed E-state index contributed by atoms with van der Waals surface area (Å²) in [5.41, 5.74) is 18.1. The highest BCUT2D eigenvalue weighted by molar-refractivity contribution is 5.21. The predicted octanol–water partition coefficient (Wildman–Crippen LogP) is 1.36. The summed E-state index contributed by atoms with van der Waals surface area (Å²) in [5.74, 6) is 0.655. The van der Waals surface area contributed by atoms with Crippen LogP contribution in [0, 0.1) is 17.8 Å². The highest BCUT2D eigenvalue weighted by Gasteiger charge is 2.42. The Morgan fingerprint density at radius 1 is 1.00 bits per heavy atom. The Balaban J connectivity index is 1.76. The van der Waals surface area contributed by atoms with E-state index >= 15 is 0 Å². The Morgan fingerprint density at radius 3 is 2.20 bits per heavy atom. The van der Waals surface area contributed by atoms with Gasteiger partial charge in [-0.05, 0) is 49.9 Å². The van der Waals surface area contributed by atoms with Crippen LogP contribution in [0.4, 0.5) is 13.2 Å². The van der Waals surface area contributed by atoms with Gasteiger partial charge in [0, 0.05) is 12.1 Å². The van der Waals surface area contributed by atoms with Crippen LogP contribution in [-0.4, -0.2) is 48.3 Å². The molecule has 7 nitrogen and oxygen atoms in total. The van der Waals surface area contributed by atoms with E-state index in [0.29, 0.717) is 5.92 Å². The zero-order chi connectivity index (χ0) is 22.1. The quantitative estimate of drug-likeness (QED) is 0.248. The van der Waals surface area contributed by atoms with Gasteiger partial charge >= 0.3 is 6.18 Å². The van der Waals surface area contributed by atoms with Gasteiger partial charge < -0.3 is 27.6 Å². The molecule has 0 aromatic heterocycles. The molecular weight excluding hydrogens is 397 g/mol. The molecule has 10 heteroatoms. The molecular formula is C20H37F3N6O. The Hall–Kier alpha value is -1.07. The van der Waals surface area contributed by atoms with E-state index in [1.807, 2.05) is 0 Å². The molecule has 0 bridgehead atoms. The van der Waals surface area contributed by atoms with Gasteiger partial charge in [-0.2, -0.15) is 13.2 Å². The van der Waals surface area contributed by atoms with Crippen molar-refractivity contribution in [1.82, 2.24) is 16.0 Å². The third kappa shape index (κ3) is 5.79. The second-order valence-electron chi connectivity index (χ2n) is 9.44. The first-order valence-corrected chi connectivity index (χ1v) is 11.1. The second-order valence-corrected chi connectivity index (χ2v) is 9.44. The lowest BCUT2D eigenvalue weighted by Gasteiger charge is -2.32. The van der Waals surface area contributed by atoms with Crippen molar-refractivity contribution in [3.05, 3.63) is 11.5 Å². The van der Waals surface area contributed by atoms with Crippen molar-refractivity contribution in [2.24, 2.45) is 35.0 Å². The molecule has 0 aromatic carbocycles. The largest absolute Gasteiger partial charge is 0.509 e. The van der Waals surface area contributed by atoms with Gasteiger partial charge in [0.1, 0.15) is 18.5 Å². The van der Waals surface area contributed by atoms with Gasteiger partial charge in [-0.15, -0.1) is 0 Å². The van der Waals surface area contributed by atoms with Gasteiger partial charge in [-0.1, -0.05) is 19.8 Å². The summed E-state index contributed by atoms with van der Waals surface area (Å²) >= 11 is 0. The van der Waals surface area contributed by atoms with Crippen LogP contribution >= 0.6 is 0 Å². The predicted molar refractivity (Wildman–Crippen MR) is 110 cm³/mol. The maximum absolute atomic E-state index is 12.9. The third-order valence-electron chi connectivity index (χ3n) is 7.12. The molecule has 0 amide bonds. The second kappa shape index (κ2) is 9.60. The minimum atomic E-state index is -4.40. The summed E-state index contributed by atoms with van der Waals surface area (Å²) in [7, 11) is 0. The van der Waals surface area contributed by atoms with Gasteiger partial charge in [-0.3, -0.25) is 10.6 Å². The highest BCUT2D eigenvalue weighted by Crippen LogP contribution is 2.33. The normalized spacial score (nSPS) is 36.9. The van der Waals surface area contributed by atoms with Crippen LogP contribution in [0.3, 0.4) is 0 Å². The first-order valence-electron chi connectivity index (χ1n) is 11.1. The first-order chi connectivity index (χ1) is 14.0. The highest BCUT2D eigenvalue weighted by atomic mass is 19.4. The first kappa shape index (κ1) is 23.6. The van der Waals surface area contributed by atoms with Crippen molar-refractivity contribution in [1.29, 1.82) is 0 Å². The summed E-state index contributed by atoms with van der Waals surface area (Å²) in [6, 6.07) is -0.567. The lowest BCUT2D eigenvalue weighted by atomic mass is 9.78. The molecule has 3 rings (SSSR count). The smallest absolute Gasteiger partial charge is 0.405 e. The number of aliphatic hydroxyl groups excluding tert-OH is 1. The Labute approximate surface area is 176 Å². The van der Waals surface area contributed by atoms with Crippen molar-refractivity contribution in [3.63, 3.8) is 0 Å². The molecule has 10 N–H and O–H groups in total. The number of nitrogens with one attached hydrogen (secondary N) is 3. The van der Waals surface area contributed by atoms with E-state index in [-0.39, 0.29) is 35.4 Å². The van der Waals surface area contributed by atoms with Crippen molar-refractivity contribution in [2.45, 2.75) is 88.5 Å². The average molecular weight is 435 g/mol. The van der Waals surface area contributed by atoms with Crippen LogP contribution < -0.4 is 33.2 Å². The number of alkyl halides is 3. The minimum absolute atomic E-state index is 0.0330. The molecule has 0 spiro atoms. The molecule has 30 heavy (non-hydrogen) atoms. The number of halogens is 3. The van der Waals surface area contributed by atoms with E-state index in [1.165, 1.54) is 0 Å². The molecule has 174 valence electrons. The summed E-state index contributed by atoms with van der Waals surface area (Å²) in [4.78, 5) is 0. The molecule has 5 atom stereocenters. The van der Waals surface area contributed by atoms with Crippen LogP contribution in [0.5, 0.6) is 0 Å². The van der Waals surface area contributed by atoms with E-state index in [4.69, 9.17) is 17.2 Å². The standard InChI is InChI=1S/C20H37F3N6O/c1-10-2-4-11(5-3-10)15(24)17(30)16(27-9-20(21,22)23)19-28-13-7-6-12(18(25)26)8-14(13)29-19/h10-15,18-19,27-30H,2-9,24-26H2,1H3/b17-16+. The van der Waals surface area contributed by atoms with Gasteiger partial charge in [0.05, 0.1) is 17.9 Å². The third-order valence-corrected chi connectivity index (χ3v) is 7.12. The van der Waals surface area contributed by atoms with E-state index in [1.54, 1.807) is 0 Å². The lowest BCUT2D eigenvalue weighted by Crippen LogP contribution is -2.48. The molecule has 3 fully saturated rings. The van der Waals surface area contributed by atoms with E-state index < -0.39 is 31.1 Å². The van der Waals surface area contributed by atoms with Crippen molar-refractivity contribution >= 4 is 0 Å². The SMILES string of the molecule is CC1CCC(C(N)/C(O)=C(\NCC(F)(F)F)C2NC3CCC(C(N)N)CC3N2)CC1. The van der Waals surface area contributed by atoms with Crippen LogP contribution in [0.1, 0.15) is 51.9 Å². The Bertz CT molecular complexity index is 606. The van der Waals surface area contributed by atoms with E-state index in [2.05, 4.69) is 22.9 Å². The van der Waals surface area contributed by atoms with Crippen LogP contribution in [-0.2, 0) is 0 Å². The molecule has 5 unspecified atom stereocenters. The maximum atomic E-state index is 12.9. The fourth-order valence-electron chi connectivity index (χ4n) is 5.16. The molecule has 1 saturated heterocycles. The number of nitrogens with two attached hydrogens (primary N) is 3. The molecule has 2 saturated carbocycles. The topological polar surface area (TPSA) is 134 Å². The van der Waals surface area contributed by atoms with Gasteiger partial charge in [-0.25, -0.2) is 0 Å². The summed E-state index contributed by atoms with van der Waals surface area (Å²) in [6.07, 6.45) is 0.750. The van der Waals surface area contributed by atoms with E-state index in [0.717, 1.165) is 44.9 Å². The number of hydrogen-bond acceptors (Lipinski definition) is 7. The van der Waals surface area contributed by atoms with Crippen LogP contribution in [0.25, 0.3) is 0 Å². The Morgan fingerprint density at radius 2 is 1.60 bits per heavy atom. The summed E-state index contributed by atoms with van der Waals surface area (Å²) in [5, 5.41) is 20.0. The van der Waals surface area contributed by atoms with Crippen molar-refractivity contribution < 1.29 is 18.3 Å². The zero-order valence-corrected chi connectivity index (χ0v) is 17.6. The fraction of sp³-hybridized carbons (Fsp3) is 0.900. The van der Waals surface area contributed by atoms with Crippen molar-refractivity contribution in [3.8, 4) is 0 Å². The molecule has 2 aliphatic carbocycles. The number of rotatable bonds is 6. The molecule has 1 heterocycles. The van der Waals surface area contributed by atoms with Gasteiger partial charge in [0.15, 0.2) is 0 Å². The van der Waals surface area contributed by atoms with Gasteiger partial charge in [0.25, 0.3) is 0 Å². The minimum Gasteiger partial charge on any atom is -0.509 e. The number of aliphatic hydroxyl groups is 1. The maximum Gasteiger partial charge on any atom is 0.405 e. The molecule has 3 aliphatic rings. The summed E-state index contributed by atoms with van der Waals surface area (Å²) in [6.45, 7) is 0.953. The molecule has 0 aromatic rings. The van der Waals surface area contributed by atoms with Crippen molar-refractivity contribution in [2.75, 3.05) is 6.54 Å². The Kier molecular flexibility index (Phi) is 7.55. The van der Waals surface area contributed by atoms with Crippen LogP contribution in [0.15, 0.2) is 11.5 Å². The van der Waals surface area contributed by atoms with Crippen LogP contribution in [0.2, 0.25) is 0 Å². The monoisotopic (exact) mass is 434 g/mol. The summed E-state index contributed by atoms with van der Waals surface area (Å²) < 4.78 is 38.8. The molecule has 0 radical (unpaired) electrons. The number of hydrogen-bond donors (Lipinski definition) is 7. The zero-order valence-electron chi connectivity index (χ0n) is 17.6. The molecule has 1 aliphatic heterocycles.